The number of amides is 1. The Labute approximate surface area is 174 Å². The van der Waals surface area contributed by atoms with Crippen molar-refractivity contribution in [3.8, 4) is 11.5 Å². The molecule has 3 aliphatic heterocycles. The number of likely N-dealkylation sites (tertiary alicyclic amines) is 1. The summed E-state index contributed by atoms with van der Waals surface area (Å²) in [6.07, 6.45) is 1.90. The number of H-pyrrole nitrogens is 1. The van der Waals surface area contributed by atoms with Gasteiger partial charge in [-0.15, -0.1) is 0 Å². The van der Waals surface area contributed by atoms with Crippen LogP contribution in [0, 0.1) is 0 Å². The van der Waals surface area contributed by atoms with Crippen molar-refractivity contribution in [2.24, 2.45) is 0 Å². The summed E-state index contributed by atoms with van der Waals surface area (Å²) in [5.41, 5.74) is 3.41. The van der Waals surface area contributed by atoms with Crippen LogP contribution in [0.5, 0.6) is 11.5 Å². The number of aromatic amines is 1. The molecule has 1 spiro atoms. The Bertz CT molecular complexity index is 1110. The standard InChI is InChI=1S/C24H24N2O4/c27-23(21-15-28-19-7-3-4-8-20(19)30-21)26-12-10-24(11-13-26)22-17(9-14-29-24)16-5-1-2-6-18(16)25-22/h1-8,21,25H,9-15H2. The lowest BCUT2D eigenvalue weighted by Crippen LogP contribution is -2.53. The fraction of sp³-hybridized carbons (Fsp3) is 0.375. The van der Waals surface area contributed by atoms with Gasteiger partial charge in [-0.2, -0.15) is 0 Å². The summed E-state index contributed by atoms with van der Waals surface area (Å²) >= 11 is 0. The van der Waals surface area contributed by atoms with Crippen molar-refractivity contribution in [3.05, 3.63) is 59.8 Å². The van der Waals surface area contributed by atoms with Crippen molar-refractivity contribution in [2.75, 3.05) is 26.3 Å². The SMILES string of the molecule is O=C(C1COc2ccccc2O1)N1CCC2(CC1)OCCc1c2[nH]c2ccccc12. The molecular weight excluding hydrogens is 380 g/mol. The van der Waals surface area contributed by atoms with Crippen LogP contribution in [0.4, 0.5) is 0 Å². The van der Waals surface area contributed by atoms with E-state index in [1.165, 1.54) is 16.6 Å². The molecule has 1 fully saturated rings. The molecule has 6 rings (SSSR count). The third-order valence-corrected chi connectivity index (χ3v) is 6.67. The number of carbonyl (C=O) groups is 1. The number of ether oxygens (including phenoxy) is 3. The molecule has 3 aromatic rings. The minimum atomic E-state index is -0.593. The van der Waals surface area contributed by atoms with Crippen molar-refractivity contribution < 1.29 is 19.0 Å². The molecule has 0 radical (unpaired) electrons. The molecule has 4 heterocycles. The first-order valence-electron chi connectivity index (χ1n) is 10.6. The molecule has 1 N–H and O–H groups in total. The number of hydrogen-bond donors (Lipinski definition) is 1. The number of aromatic nitrogens is 1. The average Bonchev–Trinajstić information content (AvgIpc) is 3.19. The van der Waals surface area contributed by atoms with Gasteiger partial charge in [-0.25, -0.2) is 0 Å². The van der Waals surface area contributed by atoms with Crippen LogP contribution in [0.3, 0.4) is 0 Å². The Balaban J connectivity index is 1.20. The zero-order valence-electron chi connectivity index (χ0n) is 16.7. The van der Waals surface area contributed by atoms with Gasteiger partial charge in [0.25, 0.3) is 5.91 Å². The van der Waals surface area contributed by atoms with Crippen LogP contribution in [-0.2, 0) is 21.6 Å². The van der Waals surface area contributed by atoms with E-state index < -0.39 is 6.10 Å². The van der Waals surface area contributed by atoms with Crippen LogP contribution >= 0.6 is 0 Å². The van der Waals surface area contributed by atoms with Gasteiger partial charge in [0.2, 0.25) is 6.10 Å². The van der Waals surface area contributed by atoms with Crippen molar-refractivity contribution in [1.82, 2.24) is 9.88 Å². The van der Waals surface area contributed by atoms with Crippen LogP contribution in [0.1, 0.15) is 24.1 Å². The first-order valence-corrected chi connectivity index (χ1v) is 10.6. The quantitative estimate of drug-likeness (QED) is 0.675. The van der Waals surface area contributed by atoms with Gasteiger partial charge in [0.05, 0.1) is 12.3 Å². The minimum absolute atomic E-state index is 0.00738. The maximum Gasteiger partial charge on any atom is 0.267 e. The van der Waals surface area contributed by atoms with Crippen LogP contribution in [0.2, 0.25) is 0 Å². The zero-order valence-corrected chi connectivity index (χ0v) is 16.7. The first-order chi connectivity index (χ1) is 14.7. The summed E-state index contributed by atoms with van der Waals surface area (Å²) in [6.45, 7) is 2.27. The molecule has 154 valence electrons. The minimum Gasteiger partial charge on any atom is -0.485 e. The van der Waals surface area contributed by atoms with Crippen LogP contribution in [0.25, 0.3) is 10.9 Å². The molecule has 30 heavy (non-hydrogen) atoms. The number of piperidine rings is 1. The van der Waals surface area contributed by atoms with E-state index in [1.54, 1.807) is 0 Å². The average molecular weight is 404 g/mol. The molecule has 1 atom stereocenters. The highest BCUT2D eigenvalue weighted by Gasteiger charge is 2.44. The molecule has 1 aromatic heterocycles. The van der Waals surface area contributed by atoms with Crippen LogP contribution in [-0.4, -0.2) is 48.2 Å². The van der Waals surface area contributed by atoms with Crippen molar-refractivity contribution >= 4 is 16.8 Å². The third kappa shape index (κ3) is 2.70. The summed E-state index contributed by atoms with van der Waals surface area (Å²) in [6, 6.07) is 15.9. The zero-order chi connectivity index (χ0) is 20.1. The van der Waals surface area contributed by atoms with Gasteiger partial charge in [-0.05, 0) is 43.0 Å². The fourth-order valence-corrected chi connectivity index (χ4v) is 5.10. The summed E-state index contributed by atoms with van der Waals surface area (Å²) in [5.74, 6) is 1.32. The number of nitrogens with zero attached hydrogens (tertiary/aromatic N) is 1. The Morgan fingerprint density at radius 3 is 2.67 bits per heavy atom. The van der Waals surface area contributed by atoms with Crippen molar-refractivity contribution in [2.45, 2.75) is 31.0 Å². The molecule has 1 unspecified atom stereocenters. The third-order valence-electron chi connectivity index (χ3n) is 6.67. The van der Waals surface area contributed by atoms with E-state index >= 15 is 0 Å². The van der Waals surface area contributed by atoms with Gasteiger partial charge in [0, 0.05) is 24.0 Å². The lowest BCUT2D eigenvalue weighted by atomic mass is 9.83. The number of para-hydroxylation sites is 3. The molecule has 0 bridgehead atoms. The lowest BCUT2D eigenvalue weighted by Gasteiger charge is -2.44. The van der Waals surface area contributed by atoms with Gasteiger partial charge >= 0.3 is 0 Å². The number of fused-ring (bicyclic) bond motifs is 5. The number of carbonyl (C=O) groups excluding carboxylic acids is 1. The maximum atomic E-state index is 13.1. The Morgan fingerprint density at radius 2 is 1.80 bits per heavy atom. The van der Waals surface area contributed by atoms with Gasteiger partial charge in [0.1, 0.15) is 12.2 Å². The number of nitrogens with one attached hydrogen (secondary N) is 1. The predicted octanol–water partition coefficient (Wildman–Crippen LogP) is 3.40. The van der Waals surface area contributed by atoms with E-state index in [-0.39, 0.29) is 18.1 Å². The van der Waals surface area contributed by atoms with Crippen molar-refractivity contribution in [1.29, 1.82) is 0 Å². The molecule has 6 nitrogen and oxygen atoms in total. The largest absolute Gasteiger partial charge is 0.485 e. The monoisotopic (exact) mass is 404 g/mol. The Kier molecular flexibility index (Phi) is 4.03. The molecule has 0 saturated carbocycles. The van der Waals surface area contributed by atoms with Gasteiger partial charge in [-0.3, -0.25) is 4.79 Å². The van der Waals surface area contributed by atoms with Gasteiger partial charge in [-0.1, -0.05) is 30.3 Å². The molecule has 1 saturated heterocycles. The maximum absolute atomic E-state index is 13.1. The second-order valence-electron chi connectivity index (χ2n) is 8.31. The van der Waals surface area contributed by atoms with E-state index in [4.69, 9.17) is 14.2 Å². The van der Waals surface area contributed by atoms with Crippen molar-refractivity contribution in [3.63, 3.8) is 0 Å². The second kappa shape index (κ2) is 6.77. The lowest BCUT2D eigenvalue weighted by molar-refractivity contribution is -0.150. The highest BCUT2D eigenvalue weighted by atomic mass is 16.6. The van der Waals surface area contributed by atoms with E-state index in [2.05, 4.69) is 29.2 Å². The van der Waals surface area contributed by atoms with Gasteiger partial charge < -0.3 is 24.1 Å². The Hall–Kier alpha value is -2.99. The number of hydrogen-bond acceptors (Lipinski definition) is 4. The molecule has 0 aliphatic carbocycles. The topological polar surface area (TPSA) is 63.8 Å². The molecular formula is C24H24N2O4. The summed E-state index contributed by atoms with van der Waals surface area (Å²) in [5, 5.41) is 1.29. The fourth-order valence-electron chi connectivity index (χ4n) is 5.10. The first kappa shape index (κ1) is 17.8. The van der Waals surface area contributed by atoms with E-state index in [1.807, 2.05) is 29.2 Å². The number of rotatable bonds is 1. The van der Waals surface area contributed by atoms with Crippen LogP contribution < -0.4 is 9.47 Å². The molecule has 2 aromatic carbocycles. The molecule has 3 aliphatic rings. The second-order valence-corrected chi connectivity index (χ2v) is 8.31. The highest BCUT2D eigenvalue weighted by Crippen LogP contribution is 2.43. The molecule has 6 heteroatoms. The van der Waals surface area contributed by atoms with E-state index in [9.17, 15) is 4.79 Å². The highest BCUT2D eigenvalue weighted by molar-refractivity contribution is 5.85. The number of benzene rings is 2. The normalized spacial score (nSPS) is 22.1. The smallest absolute Gasteiger partial charge is 0.267 e. The van der Waals surface area contributed by atoms with Crippen LogP contribution in [0.15, 0.2) is 48.5 Å². The van der Waals surface area contributed by atoms with Gasteiger partial charge in [0.15, 0.2) is 11.5 Å². The summed E-state index contributed by atoms with van der Waals surface area (Å²) in [7, 11) is 0. The summed E-state index contributed by atoms with van der Waals surface area (Å²) < 4.78 is 18.0. The summed E-state index contributed by atoms with van der Waals surface area (Å²) in [4.78, 5) is 18.6. The van der Waals surface area contributed by atoms with E-state index in [0.29, 0.717) is 24.6 Å². The van der Waals surface area contributed by atoms with E-state index in [0.717, 1.165) is 31.4 Å². The molecule has 1 amide bonds. The predicted molar refractivity (Wildman–Crippen MR) is 112 cm³/mol. The Morgan fingerprint density at radius 1 is 1.03 bits per heavy atom.